The zero-order chi connectivity index (χ0) is 13.1. The second kappa shape index (κ2) is 4.96. The van der Waals surface area contributed by atoms with Crippen molar-refractivity contribution >= 4 is 5.97 Å². The second-order valence-corrected chi connectivity index (χ2v) is 3.89. The number of benzene rings is 1. The summed E-state index contributed by atoms with van der Waals surface area (Å²) in [4.78, 5) is 11.5. The summed E-state index contributed by atoms with van der Waals surface area (Å²) in [5.41, 5.74) is 2.46. The van der Waals surface area contributed by atoms with Crippen molar-refractivity contribution in [2.24, 2.45) is 7.05 Å². The Hall–Kier alpha value is -2.23. The molecule has 1 heterocycles. The second-order valence-electron chi connectivity index (χ2n) is 3.89. The topological polar surface area (TPSA) is 40.5 Å². The summed E-state index contributed by atoms with van der Waals surface area (Å²) in [5.74, 6) is 0.444. The molecule has 2 rings (SSSR count). The van der Waals surface area contributed by atoms with Crippen LogP contribution in [-0.4, -0.2) is 24.8 Å². The monoisotopic (exact) mass is 245 g/mol. The van der Waals surface area contributed by atoms with Crippen molar-refractivity contribution in [3.63, 3.8) is 0 Å². The number of hydrogen-bond donors (Lipinski definition) is 0. The molecule has 0 unspecified atom stereocenters. The van der Waals surface area contributed by atoms with Crippen LogP contribution in [-0.2, 0) is 11.8 Å². The first-order chi connectivity index (χ1) is 8.67. The molecule has 0 saturated heterocycles. The molecule has 94 valence electrons. The maximum Gasteiger partial charge on any atom is 0.354 e. The van der Waals surface area contributed by atoms with E-state index in [-0.39, 0.29) is 5.97 Å². The molecule has 0 bridgehead atoms. The van der Waals surface area contributed by atoms with E-state index in [0.717, 1.165) is 17.0 Å². The standard InChI is InChI=1S/C14H15NO3/c1-15-12(7-8-13(15)14(16)18-3)10-5-4-6-11(9-10)17-2/h4-9H,1-3H3. The lowest BCUT2D eigenvalue weighted by atomic mass is 10.1. The summed E-state index contributed by atoms with van der Waals surface area (Å²) in [6.45, 7) is 0. The molecule has 4 heteroatoms. The number of nitrogens with zero attached hydrogens (tertiary/aromatic N) is 1. The number of esters is 1. The Labute approximate surface area is 106 Å². The summed E-state index contributed by atoms with van der Waals surface area (Å²) >= 11 is 0. The third-order valence-electron chi connectivity index (χ3n) is 2.88. The van der Waals surface area contributed by atoms with Crippen LogP contribution in [0.3, 0.4) is 0 Å². The SMILES string of the molecule is COC(=O)c1ccc(-c2cccc(OC)c2)n1C. The third-order valence-corrected chi connectivity index (χ3v) is 2.88. The Morgan fingerprint density at radius 2 is 1.94 bits per heavy atom. The van der Waals surface area contributed by atoms with Gasteiger partial charge in [0.1, 0.15) is 11.4 Å². The number of rotatable bonds is 3. The number of methoxy groups -OCH3 is 2. The predicted octanol–water partition coefficient (Wildman–Crippen LogP) is 2.49. The summed E-state index contributed by atoms with van der Waals surface area (Å²) in [6.07, 6.45) is 0. The Kier molecular flexibility index (Phi) is 3.37. The van der Waals surface area contributed by atoms with Gasteiger partial charge in [0.2, 0.25) is 0 Å². The van der Waals surface area contributed by atoms with Gasteiger partial charge in [-0.15, -0.1) is 0 Å². The first-order valence-electron chi connectivity index (χ1n) is 5.56. The van der Waals surface area contributed by atoms with Crippen LogP contribution < -0.4 is 4.74 Å². The minimum Gasteiger partial charge on any atom is -0.497 e. The number of aromatic nitrogens is 1. The lowest BCUT2D eigenvalue weighted by Crippen LogP contribution is -2.08. The molecular formula is C14H15NO3. The van der Waals surface area contributed by atoms with Crippen molar-refractivity contribution in [3.05, 3.63) is 42.1 Å². The van der Waals surface area contributed by atoms with Crippen LogP contribution in [0.4, 0.5) is 0 Å². The molecule has 0 aliphatic carbocycles. The van der Waals surface area contributed by atoms with E-state index in [2.05, 4.69) is 0 Å². The molecular weight excluding hydrogens is 230 g/mol. The Balaban J connectivity index is 2.45. The van der Waals surface area contributed by atoms with E-state index in [1.54, 1.807) is 17.7 Å². The van der Waals surface area contributed by atoms with E-state index < -0.39 is 0 Å². The summed E-state index contributed by atoms with van der Waals surface area (Å²) in [5, 5.41) is 0. The van der Waals surface area contributed by atoms with Gasteiger partial charge in [-0.1, -0.05) is 12.1 Å². The van der Waals surface area contributed by atoms with E-state index in [4.69, 9.17) is 9.47 Å². The van der Waals surface area contributed by atoms with E-state index in [1.807, 2.05) is 37.4 Å². The van der Waals surface area contributed by atoms with Crippen LogP contribution in [0.2, 0.25) is 0 Å². The van der Waals surface area contributed by atoms with Crippen molar-refractivity contribution < 1.29 is 14.3 Å². The first kappa shape index (κ1) is 12.2. The van der Waals surface area contributed by atoms with Gasteiger partial charge in [-0.25, -0.2) is 4.79 Å². The molecule has 2 aromatic rings. The molecule has 4 nitrogen and oxygen atoms in total. The highest BCUT2D eigenvalue weighted by Gasteiger charge is 2.13. The normalized spacial score (nSPS) is 10.2. The Morgan fingerprint density at radius 3 is 2.61 bits per heavy atom. The lowest BCUT2D eigenvalue weighted by molar-refractivity contribution is 0.0590. The zero-order valence-corrected chi connectivity index (χ0v) is 10.6. The number of carbonyl (C=O) groups excluding carboxylic acids is 1. The average Bonchev–Trinajstić information content (AvgIpc) is 2.80. The van der Waals surface area contributed by atoms with Gasteiger partial charge in [0.15, 0.2) is 0 Å². The fourth-order valence-electron chi connectivity index (χ4n) is 1.89. The maximum absolute atomic E-state index is 11.5. The molecule has 0 N–H and O–H groups in total. The van der Waals surface area contributed by atoms with E-state index in [9.17, 15) is 4.79 Å². The molecule has 0 amide bonds. The number of carbonyl (C=O) groups is 1. The van der Waals surface area contributed by atoms with Crippen LogP contribution in [0.15, 0.2) is 36.4 Å². The minimum atomic E-state index is -0.341. The van der Waals surface area contributed by atoms with Crippen molar-refractivity contribution in [1.82, 2.24) is 4.57 Å². The number of ether oxygens (including phenoxy) is 2. The van der Waals surface area contributed by atoms with Gasteiger partial charge < -0.3 is 14.0 Å². The van der Waals surface area contributed by atoms with E-state index in [0.29, 0.717) is 5.69 Å². The van der Waals surface area contributed by atoms with Crippen LogP contribution >= 0.6 is 0 Å². The highest BCUT2D eigenvalue weighted by Crippen LogP contribution is 2.25. The smallest absolute Gasteiger partial charge is 0.354 e. The van der Waals surface area contributed by atoms with Crippen molar-refractivity contribution in [3.8, 4) is 17.0 Å². The van der Waals surface area contributed by atoms with Gasteiger partial charge in [0.25, 0.3) is 0 Å². The molecule has 0 fully saturated rings. The van der Waals surface area contributed by atoms with E-state index >= 15 is 0 Å². The largest absolute Gasteiger partial charge is 0.497 e. The van der Waals surface area contributed by atoms with Crippen molar-refractivity contribution in [2.45, 2.75) is 0 Å². The zero-order valence-electron chi connectivity index (χ0n) is 10.6. The van der Waals surface area contributed by atoms with Crippen molar-refractivity contribution in [1.29, 1.82) is 0 Å². The van der Waals surface area contributed by atoms with Gasteiger partial charge in [-0.05, 0) is 24.3 Å². The maximum atomic E-state index is 11.5. The van der Waals surface area contributed by atoms with Crippen LogP contribution in [0.1, 0.15) is 10.5 Å². The fourth-order valence-corrected chi connectivity index (χ4v) is 1.89. The molecule has 0 atom stereocenters. The lowest BCUT2D eigenvalue weighted by Gasteiger charge is -2.08. The van der Waals surface area contributed by atoms with Crippen LogP contribution in [0.5, 0.6) is 5.75 Å². The van der Waals surface area contributed by atoms with Crippen LogP contribution in [0, 0.1) is 0 Å². The van der Waals surface area contributed by atoms with Crippen LogP contribution in [0.25, 0.3) is 11.3 Å². The van der Waals surface area contributed by atoms with Gasteiger partial charge in [-0.2, -0.15) is 0 Å². The molecule has 0 saturated carbocycles. The fraction of sp³-hybridized carbons (Fsp3) is 0.214. The quantitative estimate of drug-likeness (QED) is 0.780. The van der Waals surface area contributed by atoms with Gasteiger partial charge in [0.05, 0.1) is 14.2 Å². The van der Waals surface area contributed by atoms with Gasteiger partial charge in [0, 0.05) is 18.3 Å². The number of hydrogen-bond acceptors (Lipinski definition) is 3. The summed E-state index contributed by atoms with van der Waals surface area (Å²) < 4.78 is 11.7. The predicted molar refractivity (Wildman–Crippen MR) is 68.7 cm³/mol. The molecule has 0 spiro atoms. The van der Waals surface area contributed by atoms with E-state index in [1.165, 1.54) is 7.11 Å². The minimum absolute atomic E-state index is 0.341. The highest BCUT2D eigenvalue weighted by atomic mass is 16.5. The summed E-state index contributed by atoms with van der Waals surface area (Å²) in [7, 11) is 4.84. The average molecular weight is 245 g/mol. The Bertz CT molecular complexity index is 572. The summed E-state index contributed by atoms with van der Waals surface area (Å²) in [6, 6.07) is 11.3. The molecule has 18 heavy (non-hydrogen) atoms. The first-order valence-corrected chi connectivity index (χ1v) is 5.56. The molecule has 0 aliphatic heterocycles. The Morgan fingerprint density at radius 1 is 1.17 bits per heavy atom. The third kappa shape index (κ3) is 2.09. The molecule has 1 aromatic carbocycles. The van der Waals surface area contributed by atoms with Gasteiger partial charge >= 0.3 is 5.97 Å². The molecule has 0 aliphatic rings. The van der Waals surface area contributed by atoms with Gasteiger partial charge in [-0.3, -0.25) is 0 Å². The highest BCUT2D eigenvalue weighted by molar-refractivity contribution is 5.89. The molecule has 1 aromatic heterocycles. The molecule has 0 radical (unpaired) electrons. The van der Waals surface area contributed by atoms with Crippen molar-refractivity contribution in [2.75, 3.05) is 14.2 Å².